The van der Waals surface area contributed by atoms with Crippen molar-refractivity contribution in [2.24, 2.45) is 0 Å². The fourth-order valence-electron chi connectivity index (χ4n) is 5.26. The van der Waals surface area contributed by atoms with Crippen LogP contribution >= 0.6 is 0 Å². The maximum Gasteiger partial charge on any atom is 0.320 e. The molecule has 11 nitrogen and oxygen atoms in total. The number of amides is 2. The number of nitrogens with zero attached hydrogens (tertiary/aromatic N) is 6. The van der Waals surface area contributed by atoms with Gasteiger partial charge in [-0.1, -0.05) is 18.2 Å². The first-order valence-corrected chi connectivity index (χ1v) is 13.6. The first-order chi connectivity index (χ1) is 20.4. The molecule has 1 fully saturated rings. The van der Waals surface area contributed by atoms with Crippen LogP contribution in [0.2, 0.25) is 0 Å². The molecule has 12 heteroatoms. The summed E-state index contributed by atoms with van der Waals surface area (Å²) in [6.07, 6.45) is 6.41. The minimum absolute atomic E-state index is 0.387. The maximum absolute atomic E-state index is 14.0. The number of carbonyl (C=O) groups excluding carboxylic acids is 1. The third-order valence-corrected chi connectivity index (χ3v) is 7.27. The highest BCUT2D eigenvalue weighted by Gasteiger charge is 2.37. The molecule has 0 spiro atoms. The minimum atomic E-state index is -0.617. The maximum atomic E-state index is 14.0. The van der Waals surface area contributed by atoms with Crippen molar-refractivity contribution in [1.29, 1.82) is 0 Å². The molecule has 0 bridgehead atoms. The van der Waals surface area contributed by atoms with Crippen molar-refractivity contribution in [2.45, 2.75) is 26.0 Å². The summed E-state index contributed by atoms with van der Waals surface area (Å²) in [4.78, 5) is 27.7. The highest BCUT2D eigenvalue weighted by atomic mass is 19.1. The topological polar surface area (TPSA) is 111 Å². The van der Waals surface area contributed by atoms with Gasteiger partial charge in [0.15, 0.2) is 0 Å². The monoisotopic (exact) mass is 570 g/mol. The lowest BCUT2D eigenvalue weighted by Gasteiger charge is -2.19. The average molecular weight is 571 g/mol. The molecule has 0 unspecified atom stereocenters. The number of benzene rings is 1. The van der Waals surface area contributed by atoms with E-state index in [2.05, 4.69) is 20.6 Å². The largest absolute Gasteiger partial charge is 0.383 e. The fraction of sp³-hybridized carbons (Fsp3) is 0.267. The smallest absolute Gasteiger partial charge is 0.320 e. The molecule has 1 saturated heterocycles. The summed E-state index contributed by atoms with van der Waals surface area (Å²) in [5.41, 5.74) is 5.67. The van der Waals surface area contributed by atoms with Crippen molar-refractivity contribution in [3.8, 4) is 16.9 Å². The number of aryl methyl sites for hydroxylation is 1. The number of hydroxylamine groups is 2. The molecule has 42 heavy (non-hydrogen) atoms. The third-order valence-electron chi connectivity index (χ3n) is 7.27. The molecule has 0 radical (unpaired) electrons. The van der Waals surface area contributed by atoms with Gasteiger partial charge in [-0.3, -0.25) is 10.2 Å². The van der Waals surface area contributed by atoms with E-state index < -0.39 is 24.1 Å². The van der Waals surface area contributed by atoms with Gasteiger partial charge in [0.05, 0.1) is 24.0 Å². The van der Waals surface area contributed by atoms with Crippen LogP contribution in [0.4, 0.5) is 15.0 Å². The Morgan fingerprint density at radius 3 is 2.76 bits per heavy atom. The molecule has 1 aliphatic rings. The molecule has 0 saturated carbocycles. The second-order valence-electron chi connectivity index (χ2n) is 10.2. The first-order valence-electron chi connectivity index (χ1n) is 13.6. The van der Waals surface area contributed by atoms with Gasteiger partial charge in [-0.25, -0.2) is 19.4 Å². The standard InChI is InChI=1S/C30H31FN8O3/c1-19-15-22(17-37-12-11-33-28(19)37)26-20(2)29(39(36-26)23-7-5-4-6-8-23)35-30(40)34-24-18-38(13-14-41-3)42-27(24)21-9-10-32-25(31)16-21/h4-12,15-17,24,27H,13-14,18H2,1-3H3,(H2,34,35,40)/t24-,27+/m1/s1. The fourth-order valence-corrected chi connectivity index (χ4v) is 5.26. The van der Waals surface area contributed by atoms with E-state index in [9.17, 15) is 9.18 Å². The lowest BCUT2D eigenvalue weighted by Crippen LogP contribution is -2.42. The number of aromatic nitrogens is 5. The van der Waals surface area contributed by atoms with Crippen molar-refractivity contribution in [1.82, 2.24) is 34.5 Å². The van der Waals surface area contributed by atoms with Crippen LogP contribution in [0.3, 0.4) is 0 Å². The second kappa shape index (κ2) is 11.7. The molecule has 2 N–H and O–H groups in total. The number of methoxy groups -OCH3 is 1. The SMILES string of the molecule is COCCN1C[C@@H](NC(=O)Nc2c(C)c(-c3cc(C)c4nccn4c3)nn2-c2ccccc2)[C@H](c2ccnc(F)c2)O1. The zero-order valence-electron chi connectivity index (χ0n) is 23.5. The third kappa shape index (κ3) is 5.47. The number of ether oxygens (including phenoxy) is 1. The van der Waals surface area contributed by atoms with Crippen LogP contribution in [-0.2, 0) is 9.57 Å². The number of rotatable bonds is 8. The number of anilines is 1. The van der Waals surface area contributed by atoms with Gasteiger partial charge in [0, 0.05) is 56.1 Å². The van der Waals surface area contributed by atoms with Gasteiger partial charge < -0.3 is 14.5 Å². The van der Waals surface area contributed by atoms with Crippen molar-refractivity contribution in [3.05, 3.63) is 96.0 Å². The van der Waals surface area contributed by atoms with Gasteiger partial charge in [-0.2, -0.15) is 14.6 Å². The van der Waals surface area contributed by atoms with E-state index >= 15 is 0 Å². The van der Waals surface area contributed by atoms with Crippen molar-refractivity contribution >= 4 is 17.5 Å². The van der Waals surface area contributed by atoms with Crippen LogP contribution in [0.25, 0.3) is 22.6 Å². The van der Waals surface area contributed by atoms with E-state index in [1.165, 1.54) is 12.3 Å². The summed E-state index contributed by atoms with van der Waals surface area (Å²) in [6.45, 7) is 5.26. The molecule has 6 rings (SSSR count). The predicted molar refractivity (Wildman–Crippen MR) is 155 cm³/mol. The lowest BCUT2D eigenvalue weighted by atomic mass is 10.0. The normalized spacial score (nSPS) is 17.1. The minimum Gasteiger partial charge on any atom is -0.383 e. The van der Waals surface area contributed by atoms with Gasteiger partial charge in [0.25, 0.3) is 0 Å². The number of imidazole rings is 1. The van der Waals surface area contributed by atoms with Gasteiger partial charge in [-0.15, -0.1) is 0 Å². The number of hydrogen-bond donors (Lipinski definition) is 2. The number of nitrogens with one attached hydrogen (secondary N) is 2. The summed E-state index contributed by atoms with van der Waals surface area (Å²) in [7, 11) is 1.61. The Labute approximate surface area is 241 Å². The van der Waals surface area contributed by atoms with Gasteiger partial charge in [-0.05, 0) is 55.3 Å². The summed E-state index contributed by atoms with van der Waals surface area (Å²) in [5, 5.41) is 12.7. The molecule has 0 aliphatic carbocycles. The molecular weight excluding hydrogens is 539 g/mol. The van der Waals surface area contributed by atoms with Crippen molar-refractivity contribution in [2.75, 3.05) is 32.1 Å². The van der Waals surface area contributed by atoms with Crippen LogP contribution in [0.1, 0.15) is 22.8 Å². The molecule has 1 aromatic carbocycles. The molecule has 5 heterocycles. The number of urea groups is 1. The molecule has 216 valence electrons. The molecule has 2 atom stereocenters. The van der Waals surface area contributed by atoms with Crippen molar-refractivity contribution < 1.29 is 18.8 Å². The molecule has 1 aliphatic heterocycles. The summed E-state index contributed by atoms with van der Waals surface area (Å²) < 4.78 is 22.8. The number of hydrogen-bond acceptors (Lipinski definition) is 7. The molecule has 5 aromatic rings. The Morgan fingerprint density at radius 2 is 1.98 bits per heavy atom. The average Bonchev–Trinajstić information content (AvgIpc) is 3.70. The number of fused-ring (bicyclic) bond motifs is 1. The summed E-state index contributed by atoms with van der Waals surface area (Å²) >= 11 is 0. The van der Waals surface area contributed by atoms with Crippen LogP contribution in [0, 0.1) is 19.8 Å². The number of halogens is 1. The zero-order chi connectivity index (χ0) is 29.2. The van der Waals surface area contributed by atoms with Crippen LogP contribution < -0.4 is 10.6 Å². The van der Waals surface area contributed by atoms with Gasteiger partial charge >= 0.3 is 6.03 Å². The van der Waals surface area contributed by atoms with E-state index in [1.54, 1.807) is 29.1 Å². The van der Waals surface area contributed by atoms with Gasteiger partial charge in [0.1, 0.15) is 17.6 Å². The van der Waals surface area contributed by atoms with E-state index in [-0.39, 0.29) is 0 Å². The Morgan fingerprint density at radius 1 is 1.14 bits per heavy atom. The first kappa shape index (κ1) is 27.5. The Bertz CT molecular complexity index is 1720. The van der Waals surface area contributed by atoms with Crippen LogP contribution in [0.15, 0.2) is 73.3 Å². The summed E-state index contributed by atoms with van der Waals surface area (Å²) in [6, 6.07) is 13.7. The Kier molecular flexibility index (Phi) is 7.66. The Balaban J connectivity index is 1.31. The van der Waals surface area contributed by atoms with Crippen molar-refractivity contribution in [3.63, 3.8) is 0 Å². The number of pyridine rings is 2. The highest BCUT2D eigenvalue weighted by molar-refractivity contribution is 5.91. The predicted octanol–water partition coefficient (Wildman–Crippen LogP) is 4.46. The molecular formula is C30H31FN8O3. The lowest BCUT2D eigenvalue weighted by molar-refractivity contribution is -0.154. The molecule has 2 amide bonds. The molecule has 4 aromatic heterocycles. The highest BCUT2D eigenvalue weighted by Crippen LogP contribution is 2.33. The number of para-hydroxylation sites is 1. The van der Waals surface area contributed by atoms with Crippen LogP contribution in [-0.4, -0.2) is 68.1 Å². The van der Waals surface area contributed by atoms with E-state index in [0.29, 0.717) is 31.1 Å². The number of carbonyl (C=O) groups is 1. The quantitative estimate of drug-likeness (QED) is 0.265. The summed E-state index contributed by atoms with van der Waals surface area (Å²) in [5.74, 6) is -0.0904. The van der Waals surface area contributed by atoms with Gasteiger partial charge in [0.2, 0.25) is 5.95 Å². The second-order valence-corrected chi connectivity index (χ2v) is 10.2. The zero-order valence-corrected chi connectivity index (χ0v) is 23.5. The van der Waals surface area contributed by atoms with E-state index in [1.807, 2.05) is 67.0 Å². The van der Waals surface area contributed by atoms with Crippen LogP contribution in [0.5, 0.6) is 0 Å². The Hall–Kier alpha value is -4.65. The van der Waals surface area contributed by atoms with E-state index in [0.717, 1.165) is 33.7 Å². The van der Waals surface area contributed by atoms with E-state index in [4.69, 9.17) is 14.7 Å².